The third-order valence-corrected chi connectivity index (χ3v) is 16.5. The van der Waals surface area contributed by atoms with Gasteiger partial charge in [0, 0.05) is 43.4 Å². The molecule has 1 saturated heterocycles. The largest absolute Gasteiger partial charge is 0.493 e. The molecule has 19 heteroatoms. The molecular weight excluding hydrogens is 860 g/mol. The van der Waals surface area contributed by atoms with Gasteiger partial charge in [0.25, 0.3) is 5.91 Å². The Morgan fingerprint density at radius 1 is 1.02 bits per heavy atom. The third kappa shape index (κ3) is 8.99. The van der Waals surface area contributed by atoms with Gasteiger partial charge in [-0.3, -0.25) is 19.1 Å². The van der Waals surface area contributed by atoms with Gasteiger partial charge in [-0.2, -0.15) is 13.2 Å². The van der Waals surface area contributed by atoms with E-state index in [0.717, 1.165) is 6.42 Å². The highest BCUT2D eigenvalue weighted by Gasteiger charge is 2.60. The lowest BCUT2D eigenvalue weighted by atomic mass is 9.65. The van der Waals surface area contributed by atoms with Crippen LogP contribution in [0, 0.1) is 5.92 Å². The van der Waals surface area contributed by atoms with E-state index >= 15 is 0 Å². The molecule has 5 unspecified atom stereocenters. The van der Waals surface area contributed by atoms with Gasteiger partial charge in [-0.05, 0) is 109 Å². The lowest BCUT2D eigenvalue weighted by Gasteiger charge is -2.48. The Morgan fingerprint density at radius 3 is 2.47 bits per heavy atom. The molecule has 3 aliphatic carbocycles. The molecule has 6 aliphatic rings. The van der Waals surface area contributed by atoms with Crippen LogP contribution >= 0.6 is 0 Å². The summed E-state index contributed by atoms with van der Waals surface area (Å²) in [7, 11) is -2.55. The van der Waals surface area contributed by atoms with Gasteiger partial charge < -0.3 is 34.5 Å². The molecule has 3 N–H and O–H groups in total. The monoisotopic (exact) mass is 917 g/mol. The molecule has 1 aromatic carbocycles. The van der Waals surface area contributed by atoms with Gasteiger partial charge in [0.15, 0.2) is 11.4 Å². The number of benzene rings is 1. The number of nitrogens with zero attached hydrogens (tertiary/aromatic N) is 2. The highest BCUT2D eigenvalue weighted by atomic mass is 32.2. The Kier molecular flexibility index (Phi) is 12.4. The van der Waals surface area contributed by atoms with Crippen molar-refractivity contribution in [2.45, 2.75) is 156 Å². The number of rotatable bonds is 10. The van der Waals surface area contributed by atoms with Gasteiger partial charge in [0.2, 0.25) is 21.8 Å². The number of carbonyl (C=O) groups excluding carboxylic acids is 4. The number of fused-ring (bicyclic) bond motifs is 5. The highest BCUT2D eigenvalue weighted by molar-refractivity contribution is 7.91. The lowest BCUT2D eigenvalue weighted by molar-refractivity contribution is -0.145. The number of methoxy groups -OCH3 is 1. The predicted octanol–water partition coefficient (Wildman–Crippen LogP) is 6.15. The van der Waals surface area contributed by atoms with Crippen molar-refractivity contribution >= 4 is 44.7 Å². The number of amides is 4. The van der Waals surface area contributed by atoms with Crippen molar-refractivity contribution in [2.75, 3.05) is 26.9 Å². The molecule has 4 amide bonds. The van der Waals surface area contributed by atoms with Crippen molar-refractivity contribution in [3.8, 4) is 11.5 Å². The van der Waals surface area contributed by atoms with Crippen molar-refractivity contribution in [1.29, 1.82) is 0 Å². The van der Waals surface area contributed by atoms with Crippen LogP contribution < -0.4 is 24.8 Å². The second-order valence-corrected chi connectivity index (χ2v) is 21.3. The summed E-state index contributed by atoms with van der Waals surface area (Å²) < 4.78 is 96.0. The van der Waals surface area contributed by atoms with E-state index in [1.165, 1.54) is 11.0 Å². The summed E-state index contributed by atoms with van der Waals surface area (Å²) in [5, 5.41) is 6.03. The normalized spacial score (nSPS) is 28.7. The molecule has 4 fully saturated rings. The summed E-state index contributed by atoms with van der Waals surface area (Å²) in [5.74, 6) is -3.03. The zero-order valence-electron chi connectivity index (χ0n) is 36.6. The van der Waals surface area contributed by atoms with E-state index in [-0.39, 0.29) is 49.7 Å². The molecule has 1 spiro atoms. The van der Waals surface area contributed by atoms with Gasteiger partial charge in [-0.25, -0.2) is 18.2 Å². The van der Waals surface area contributed by atoms with Gasteiger partial charge in [-0.1, -0.05) is 25.0 Å². The Bertz CT molecular complexity index is 2320. The van der Waals surface area contributed by atoms with E-state index in [1.54, 1.807) is 26.2 Å². The summed E-state index contributed by atoms with van der Waals surface area (Å²) in [4.78, 5) is 62.7. The van der Waals surface area contributed by atoms with Crippen molar-refractivity contribution in [3.63, 3.8) is 0 Å². The number of pyridine rings is 1. The quantitative estimate of drug-likeness (QED) is 0.183. The topological polar surface area (TPSA) is 192 Å². The van der Waals surface area contributed by atoms with Crippen molar-refractivity contribution < 1.29 is 59.7 Å². The van der Waals surface area contributed by atoms with Crippen LogP contribution in [0.2, 0.25) is 0 Å². The molecule has 0 bridgehead atoms. The number of allylic oxidation sites excluding steroid dienone is 1. The Labute approximate surface area is 371 Å². The molecular formula is C45H58F3N5O10S. The van der Waals surface area contributed by atoms with Gasteiger partial charge in [0.05, 0.1) is 23.4 Å². The summed E-state index contributed by atoms with van der Waals surface area (Å²) in [5.41, 5.74) is -4.84. The number of sulfonamides is 1. The summed E-state index contributed by atoms with van der Waals surface area (Å²) in [6.45, 7) is 3.79. The fourth-order valence-electron chi connectivity index (χ4n) is 9.73. The number of aromatic nitrogens is 1. The number of halogens is 3. The number of alkyl halides is 3. The van der Waals surface area contributed by atoms with Crippen LogP contribution in [0.1, 0.15) is 121 Å². The van der Waals surface area contributed by atoms with E-state index in [4.69, 9.17) is 18.9 Å². The number of carbonyl (C=O) groups is 4. The average Bonchev–Trinajstić information content (AvgIpc) is 3.89. The maximum Gasteiger partial charge on any atom is 0.437 e. The van der Waals surface area contributed by atoms with Crippen LogP contribution in [0.15, 0.2) is 30.4 Å². The maximum absolute atomic E-state index is 15.0. The van der Waals surface area contributed by atoms with Crippen LogP contribution in [0.3, 0.4) is 0 Å². The summed E-state index contributed by atoms with van der Waals surface area (Å²) in [6.07, 6.45) is 4.65. The van der Waals surface area contributed by atoms with Crippen molar-refractivity contribution in [1.82, 2.24) is 25.2 Å². The Morgan fingerprint density at radius 2 is 1.80 bits per heavy atom. The first kappa shape index (κ1) is 45.9. The molecule has 64 heavy (non-hydrogen) atoms. The van der Waals surface area contributed by atoms with Crippen molar-refractivity contribution in [2.24, 2.45) is 5.92 Å². The maximum atomic E-state index is 15.0. The Hall–Kier alpha value is -4.65. The first-order valence-corrected chi connectivity index (χ1v) is 24.0. The van der Waals surface area contributed by atoms with E-state index in [2.05, 4.69) is 20.3 Å². The molecule has 15 nitrogen and oxygen atoms in total. The molecule has 8 rings (SSSR count). The Balaban J connectivity index is 1.16. The third-order valence-electron chi connectivity index (χ3n) is 14.3. The second kappa shape index (κ2) is 17.3. The smallest absolute Gasteiger partial charge is 0.437 e. The van der Waals surface area contributed by atoms with Gasteiger partial charge in [0.1, 0.15) is 34.6 Å². The summed E-state index contributed by atoms with van der Waals surface area (Å²) >= 11 is 0. The number of alkyl carbamates (subject to hydrolysis) is 1. The number of ether oxygens (including phenoxy) is 4. The molecule has 4 heterocycles. The second-order valence-electron chi connectivity index (χ2n) is 19.1. The minimum Gasteiger partial charge on any atom is -0.493 e. The first-order chi connectivity index (χ1) is 30.3. The van der Waals surface area contributed by atoms with Crippen LogP contribution in [0.25, 0.3) is 10.9 Å². The number of hydrogen-bond donors (Lipinski definition) is 3. The van der Waals surface area contributed by atoms with Crippen molar-refractivity contribution in [3.05, 3.63) is 41.6 Å². The van der Waals surface area contributed by atoms with E-state index in [0.29, 0.717) is 88.6 Å². The zero-order valence-corrected chi connectivity index (χ0v) is 37.4. The molecule has 2 aromatic rings. The van der Waals surface area contributed by atoms with E-state index in [9.17, 15) is 40.8 Å². The lowest BCUT2D eigenvalue weighted by Crippen LogP contribution is -2.70. The first-order valence-electron chi connectivity index (χ1n) is 22.5. The predicted molar refractivity (Wildman–Crippen MR) is 227 cm³/mol. The van der Waals surface area contributed by atoms with Gasteiger partial charge in [-0.15, -0.1) is 0 Å². The van der Waals surface area contributed by atoms with Crippen LogP contribution in [0.4, 0.5) is 18.0 Å². The SMILES string of the molecule is COCCCOc1ccc2nc(C(F)(F)F)c3c(c2c1)CCC1(CC2C(=O)NC4(C(=O)NS(=O)(=O)C5(C)CC5)CCC4C=CCCCCCC(NC(=O)OC4(C)CCC4)C(=O)N2C1)O3. The number of nitrogens with one attached hydrogen (secondary N) is 3. The molecule has 1 aromatic heterocycles. The van der Waals surface area contributed by atoms with Crippen LogP contribution in [0.5, 0.6) is 11.5 Å². The number of hydrogen-bond acceptors (Lipinski definition) is 11. The minimum atomic E-state index is -4.95. The molecule has 3 aliphatic heterocycles. The van der Waals surface area contributed by atoms with Gasteiger partial charge >= 0.3 is 12.3 Å². The fraction of sp³-hybridized carbons (Fsp3) is 0.667. The van der Waals surface area contributed by atoms with E-state index < -0.39 is 90.9 Å². The fourth-order valence-corrected chi connectivity index (χ4v) is 11.0. The number of aryl methyl sites for hydroxylation is 1. The van der Waals surface area contributed by atoms with E-state index in [1.807, 2.05) is 19.1 Å². The average molecular weight is 918 g/mol. The summed E-state index contributed by atoms with van der Waals surface area (Å²) in [6, 6.07) is 2.07. The molecule has 3 saturated carbocycles. The molecule has 350 valence electrons. The van der Waals surface area contributed by atoms with Crippen LogP contribution in [-0.2, 0) is 46.5 Å². The molecule has 5 atom stereocenters. The molecule has 0 radical (unpaired) electrons. The van der Waals surface area contributed by atoms with Crippen LogP contribution in [-0.4, -0.2) is 103 Å². The zero-order chi connectivity index (χ0) is 45.7. The highest BCUT2D eigenvalue weighted by Crippen LogP contribution is 2.50. The minimum absolute atomic E-state index is 0.0589. The standard InChI is InChI=1S/C45H58F3N5O10S/c1-41(17-9-18-41)63-40(57)50-33-12-8-6-4-5-7-11-28-15-20-44(28,39(56)52-64(58,59)42(2)21-22-42)51-37(54)34-26-43(27-53(34)38(33)55)19-16-30-31-25-29(61-24-10-23-60-3)13-14-32(31)49-36(35(30)62-43)45(46,47)48/h7,11,13-14,25,28,33-34H,4-6,8-10,12,15-24,26-27H2,1-3H3,(H,50,57)(H,51,54)(H,52,56).